The number of pyridine rings is 1. The number of carbonyl (C=O) groups excluding carboxylic acids is 1. The zero-order valence-electron chi connectivity index (χ0n) is 18.3. The minimum absolute atomic E-state index is 0.136. The van der Waals surface area contributed by atoms with E-state index in [9.17, 15) is 4.79 Å². The first-order chi connectivity index (χ1) is 15.4. The van der Waals surface area contributed by atoms with Crippen LogP contribution in [0.5, 0.6) is 23.0 Å². The van der Waals surface area contributed by atoms with Crippen LogP contribution < -0.4 is 23.8 Å². The highest BCUT2D eigenvalue weighted by atomic mass is 127. The molecule has 4 rings (SSSR count). The van der Waals surface area contributed by atoms with E-state index in [0.29, 0.717) is 52.6 Å². The van der Waals surface area contributed by atoms with Gasteiger partial charge in [-0.1, -0.05) is 0 Å². The molecule has 0 unspecified atom stereocenters. The van der Waals surface area contributed by atoms with Crippen molar-refractivity contribution in [2.24, 2.45) is 0 Å². The monoisotopic (exact) mass is 549 g/mol. The molecule has 8 nitrogen and oxygen atoms in total. The van der Waals surface area contributed by atoms with Gasteiger partial charge in [-0.3, -0.25) is 9.78 Å². The Balaban J connectivity index is 1.82. The van der Waals surface area contributed by atoms with Gasteiger partial charge in [0.05, 0.1) is 31.0 Å². The van der Waals surface area contributed by atoms with Gasteiger partial charge < -0.3 is 28.7 Å². The Hall–Kier alpha value is -2.79. The van der Waals surface area contributed by atoms with E-state index in [1.54, 1.807) is 37.4 Å². The molecule has 3 aromatic rings. The fraction of sp³-hybridized carbons (Fsp3) is 0.304. The second-order valence-corrected chi connectivity index (χ2v) is 8.66. The summed E-state index contributed by atoms with van der Waals surface area (Å²) in [5.41, 5.74) is 1.97. The normalized spacial score (nSPS) is 12.3. The van der Waals surface area contributed by atoms with Crippen LogP contribution in [0, 0.1) is 3.57 Å². The van der Waals surface area contributed by atoms with Crippen LogP contribution in [0.25, 0.3) is 10.9 Å². The summed E-state index contributed by atoms with van der Waals surface area (Å²) in [7, 11) is 7.13. The molecule has 2 heterocycles. The maximum absolute atomic E-state index is 13.9. The van der Waals surface area contributed by atoms with Crippen molar-refractivity contribution >= 4 is 45.1 Å². The molecule has 0 aliphatic carbocycles. The van der Waals surface area contributed by atoms with Gasteiger partial charge in [0.1, 0.15) is 0 Å². The van der Waals surface area contributed by atoms with Crippen LogP contribution >= 0.6 is 22.6 Å². The van der Waals surface area contributed by atoms with Gasteiger partial charge >= 0.3 is 0 Å². The number of rotatable bonds is 7. The third-order valence-corrected chi connectivity index (χ3v) is 6.09. The Labute approximate surface area is 200 Å². The van der Waals surface area contributed by atoms with Crippen molar-refractivity contribution in [1.82, 2.24) is 9.88 Å². The lowest BCUT2D eigenvalue weighted by Gasteiger charge is -2.27. The largest absolute Gasteiger partial charge is 0.493 e. The molecular weight excluding hydrogens is 525 g/mol. The summed E-state index contributed by atoms with van der Waals surface area (Å²) in [4.78, 5) is 22.1. The van der Waals surface area contributed by atoms with E-state index in [1.807, 2.05) is 37.2 Å². The second-order valence-electron chi connectivity index (χ2n) is 7.50. The number of methoxy groups -OCH3 is 2. The van der Waals surface area contributed by atoms with Crippen molar-refractivity contribution in [3.8, 4) is 23.0 Å². The van der Waals surface area contributed by atoms with Crippen molar-refractivity contribution < 1.29 is 23.7 Å². The molecule has 32 heavy (non-hydrogen) atoms. The predicted octanol–water partition coefficient (Wildman–Crippen LogP) is 3.79. The molecular formula is C23H24IN3O5. The number of hydrogen-bond donors (Lipinski definition) is 0. The summed E-state index contributed by atoms with van der Waals surface area (Å²) in [6, 6.07) is 9.07. The number of carbonyl (C=O) groups is 1. The first kappa shape index (κ1) is 22.4. The maximum Gasteiger partial charge on any atom is 0.259 e. The quantitative estimate of drug-likeness (QED) is 0.416. The summed E-state index contributed by atoms with van der Waals surface area (Å²) in [6.07, 6.45) is 1.64. The van der Waals surface area contributed by atoms with Crippen molar-refractivity contribution in [3.63, 3.8) is 0 Å². The van der Waals surface area contributed by atoms with Crippen LogP contribution in [0.4, 0.5) is 5.69 Å². The van der Waals surface area contributed by atoms with Crippen LogP contribution in [0.2, 0.25) is 0 Å². The van der Waals surface area contributed by atoms with Crippen LogP contribution in [0.1, 0.15) is 10.4 Å². The minimum atomic E-state index is -0.136. The van der Waals surface area contributed by atoms with Gasteiger partial charge in [-0.15, -0.1) is 0 Å². The molecule has 1 aliphatic rings. The molecule has 2 aromatic carbocycles. The lowest BCUT2D eigenvalue weighted by Crippen LogP contribution is -2.37. The molecule has 9 heteroatoms. The molecule has 1 amide bonds. The average Bonchev–Trinajstić information content (AvgIpc) is 3.24. The molecule has 0 fully saturated rings. The zero-order valence-corrected chi connectivity index (χ0v) is 20.5. The van der Waals surface area contributed by atoms with Crippen molar-refractivity contribution in [3.05, 3.63) is 45.7 Å². The molecule has 0 N–H and O–H groups in total. The van der Waals surface area contributed by atoms with Crippen molar-refractivity contribution in [1.29, 1.82) is 0 Å². The first-order valence-corrected chi connectivity index (χ1v) is 11.1. The number of benzene rings is 2. The Morgan fingerprint density at radius 2 is 1.75 bits per heavy atom. The van der Waals surface area contributed by atoms with Gasteiger partial charge in [-0.25, -0.2) is 0 Å². The molecule has 0 saturated heterocycles. The molecule has 168 valence electrons. The highest BCUT2D eigenvalue weighted by Crippen LogP contribution is 2.39. The van der Waals surface area contributed by atoms with E-state index in [1.165, 1.54) is 0 Å². The van der Waals surface area contributed by atoms with Crippen LogP contribution in [0.15, 0.2) is 36.5 Å². The van der Waals surface area contributed by atoms with Crippen LogP contribution in [-0.4, -0.2) is 64.0 Å². The van der Waals surface area contributed by atoms with E-state index in [-0.39, 0.29) is 12.7 Å². The smallest absolute Gasteiger partial charge is 0.259 e. The lowest BCUT2D eigenvalue weighted by atomic mass is 10.1. The molecule has 0 atom stereocenters. The Morgan fingerprint density at radius 1 is 1.06 bits per heavy atom. The molecule has 0 bridgehead atoms. The summed E-state index contributed by atoms with van der Waals surface area (Å²) >= 11 is 2.22. The number of amides is 1. The van der Waals surface area contributed by atoms with Gasteiger partial charge in [-0.2, -0.15) is 0 Å². The Kier molecular flexibility index (Phi) is 6.56. The number of nitrogens with zero attached hydrogens (tertiary/aromatic N) is 3. The third-order valence-electron chi connectivity index (χ3n) is 5.23. The Morgan fingerprint density at radius 3 is 2.44 bits per heavy atom. The number of ether oxygens (including phenoxy) is 4. The Bertz CT molecular complexity index is 1170. The molecule has 1 aliphatic heterocycles. The number of halogens is 1. The van der Waals surface area contributed by atoms with Gasteiger partial charge in [-0.05, 0) is 54.9 Å². The van der Waals surface area contributed by atoms with Crippen molar-refractivity contribution in [2.75, 3.05) is 53.1 Å². The molecule has 0 saturated carbocycles. The standard InChI is InChI=1S/C23H24IN3O5/c1-26(2)7-8-27(18-12-20(30-4)19(29-3)10-16(18)24)23(28)14-5-6-25-17-11-22-21(9-15(14)17)31-13-32-22/h5-6,9-12H,7-8,13H2,1-4H3. The van der Waals surface area contributed by atoms with Crippen molar-refractivity contribution in [2.45, 2.75) is 0 Å². The number of aromatic nitrogens is 1. The van der Waals surface area contributed by atoms with E-state index in [4.69, 9.17) is 18.9 Å². The fourth-order valence-electron chi connectivity index (χ4n) is 3.55. The highest BCUT2D eigenvalue weighted by Gasteiger charge is 2.25. The topological polar surface area (TPSA) is 73.4 Å². The number of fused-ring (bicyclic) bond motifs is 2. The van der Waals surface area contributed by atoms with Crippen LogP contribution in [0.3, 0.4) is 0 Å². The highest BCUT2D eigenvalue weighted by molar-refractivity contribution is 14.1. The average molecular weight is 549 g/mol. The molecule has 0 spiro atoms. The van der Waals surface area contributed by atoms with Gasteiger partial charge in [0.25, 0.3) is 5.91 Å². The van der Waals surface area contributed by atoms with E-state index in [0.717, 1.165) is 9.26 Å². The number of hydrogen-bond acceptors (Lipinski definition) is 7. The summed E-state index contributed by atoms with van der Waals surface area (Å²) in [6.45, 7) is 1.34. The fourth-order valence-corrected chi connectivity index (χ4v) is 4.28. The van der Waals surface area contributed by atoms with Gasteiger partial charge in [0, 0.05) is 40.4 Å². The SMILES string of the molecule is COc1cc(I)c(N(CCN(C)C)C(=O)c2ccnc3cc4c(cc23)OCO4)cc1OC. The summed E-state index contributed by atoms with van der Waals surface area (Å²) < 4.78 is 22.8. The number of anilines is 1. The number of likely N-dealkylation sites (N-methyl/N-ethyl adjacent to an activating group) is 1. The molecule has 0 radical (unpaired) electrons. The van der Waals surface area contributed by atoms with Gasteiger partial charge in [0.15, 0.2) is 23.0 Å². The zero-order chi connectivity index (χ0) is 22.8. The second kappa shape index (κ2) is 9.37. The first-order valence-electron chi connectivity index (χ1n) is 9.99. The summed E-state index contributed by atoms with van der Waals surface area (Å²) in [5.74, 6) is 2.29. The summed E-state index contributed by atoms with van der Waals surface area (Å²) in [5, 5.41) is 0.715. The molecule has 1 aromatic heterocycles. The van der Waals surface area contributed by atoms with E-state index >= 15 is 0 Å². The third kappa shape index (κ3) is 4.26. The predicted molar refractivity (Wildman–Crippen MR) is 130 cm³/mol. The van der Waals surface area contributed by atoms with Gasteiger partial charge in [0.2, 0.25) is 6.79 Å². The van der Waals surface area contributed by atoms with E-state index in [2.05, 4.69) is 27.6 Å². The minimum Gasteiger partial charge on any atom is -0.493 e. The maximum atomic E-state index is 13.9. The van der Waals surface area contributed by atoms with E-state index < -0.39 is 0 Å². The lowest BCUT2D eigenvalue weighted by molar-refractivity contribution is 0.0986. The van der Waals surface area contributed by atoms with Crippen LogP contribution in [-0.2, 0) is 0 Å².